The maximum atomic E-state index is 11.7. The predicted octanol–water partition coefficient (Wildman–Crippen LogP) is 4.70. The Bertz CT molecular complexity index is 524. The molecule has 1 heterocycles. The zero-order valence-electron chi connectivity index (χ0n) is 11.1. The molecule has 0 fully saturated rings. The van der Waals surface area contributed by atoms with Crippen LogP contribution >= 0.6 is 34.8 Å². The normalized spacial score (nSPS) is 15.3. The molecule has 0 spiro atoms. The van der Waals surface area contributed by atoms with Crippen LogP contribution in [0.25, 0.3) is 0 Å². The van der Waals surface area contributed by atoms with E-state index in [9.17, 15) is 4.79 Å². The summed E-state index contributed by atoms with van der Waals surface area (Å²) in [5, 5.41) is 0. The molecule has 0 bridgehead atoms. The molecule has 1 aromatic carbocycles. The fourth-order valence-electron chi connectivity index (χ4n) is 1.88. The van der Waals surface area contributed by atoms with Crippen LogP contribution in [0.2, 0.25) is 0 Å². The van der Waals surface area contributed by atoms with Crippen LogP contribution in [0.4, 0.5) is 4.79 Å². The number of nitrogens with zero attached hydrogens (tertiary/aromatic N) is 1. The van der Waals surface area contributed by atoms with E-state index in [1.165, 1.54) is 10.5 Å². The van der Waals surface area contributed by atoms with Gasteiger partial charge in [-0.05, 0) is 12.0 Å². The predicted molar refractivity (Wildman–Crippen MR) is 85.4 cm³/mol. The number of amides is 1. The highest BCUT2D eigenvalue weighted by molar-refractivity contribution is 6.67. The number of allylic oxidation sites excluding steroid dienone is 2. The third-order valence-corrected chi connectivity index (χ3v) is 3.20. The summed E-state index contributed by atoms with van der Waals surface area (Å²) in [6.45, 7) is -0.290. The van der Waals surface area contributed by atoms with Gasteiger partial charge in [0.1, 0.15) is 6.61 Å². The Kier molecular flexibility index (Phi) is 5.57. The lowest BCUT2D eigenvalue weighted by atomic mass is 9.98. The molecule has 0 radical (unpaired) electrons. The molecule has 0 saturated carbocycles. The second-order valence-electron chi connectivity index (χ2n) is 4.61. The summed E-state index contributed by atoms with van der Waals surface area (Å²) >= 11 is 16.6. The first-order valence-corrected chi connectivity index (χ1v) is 7.50. The van der Waals surface area contributed by atoms with Crippen LogP contribution in [0.5, 0.6) is 0 Å². The van der Waals surface area contributed by atoms with Crippen molar-refractivity contribution in [2.75, 3.05) is 6.61 Å². The smallest absolute Gasteiger partial charge is 0.418 e. The van der Waals surface area contributed by atoms with Crippen molar-refractivity contribution in [2.45, 2.75) is 10.2 Å². The Morgan fingerprint density at radius 2 is 1.76 bits per heavy atom. The Morgan fingerprint density at radius 1 is 1.14 bits per heavy atom. The van der Waals surface area contributed by atoms with Crippen LogP contribution in [-0.2, 0) is 11.2 Å². The van der Waals surface area contributed by atoms with Crippen molar-refractivity contribution < 1.29 is 9.53 Å². The van der Waals surface area contributed by atoms with E-state index in [2.05, 4.69) is 12.1 Å². The largest absolute Gasteiger partial charge is 0.444 e. The first-order chi connectivity index (χ1) is 9.94. The molecule has 0 atom stereocenters. The molecule has 0 unspecified atom stereocenters. The fourth-order valence-corrected chi connectivity index (χ4v) is 2.05. The van der Waals surface area contributed by atoms with E-state index in [-0.39, 0.29) is 12.5 Å². The van der Waals surface area contributed by atoms with Crippen LogP contribution in [0, 0.1) is 5.92 Å². The second-order valence-corrected chi connectivity index (χ2v) is 7.13. The van der Waals surface area contributed by atoms with Crippen molar-refractivity contribution in [3.8, 4) is 0 Å². The number of halogens is 3. The van der Waals surface area contributed by atoms with Gasteiger partial charge in [0.05, 0.1) is 0 Å². The van der Waals surface area contributed by atoms with Crippen molar-refractivity contribution in [3.63, 3.8) is 0 Å². The number of ether oxygens (including phenoxy) is 1. The van der Waals surface area contributed by atoms with Gasteiger partial charge in [-0.2, -0.15) is 0 Å². The van der Waals surface area contributed by atoms with E-state index in [1.807, 2.05) is 30.4 Å². The topological polar surface area (TPSA) is 29.5 Å². The number of carbonyl (C=O) groups excluding carboxylic acids is 1. The molecule has 1 amide bonds. The molecule has 0 aromatic heterocycles. The van der Waals surface area contributed by atoms with E-state index in [4.69, 9.17) is 39.5 Å². The van der Waals surface area contributed by atoms with Crippen LogP contribution in [-0.4, -0.2) is 21.4 Å². The molecular weight excluding hydrogens is 333 g/mol. The van der Waals surface area contributed by atoms with Gasteiger partial charge in [0.15, 0.2) is 0 Å². The Balaban J connectivity index is 1.85. The molecule has 2 rings (SSSR count). The summed E-state index contributed by atoms with van der Waals surface area (Å²) in [7, 11) is 0. The van der Waals surface area contributed by atoms with Crippen molar-refractivity contribution >= 4 is 40.9 Å². The minimum atomic E-state index is -1.60. The summed E-state index contributed by atoms with van der Waals surface area (Å²) in [4.78, 5) is 13.1. The SMILES string of the molecule is O=C(OCC(Cl)(Cl)Cl)N1C=CC(Cc2ccccc2)C=C1. The summed E-state index contributed by atoms with van der Waals surface area (Å²) in [6, 6.07) is 10.1. The highest BCUT2D eigenvalue weighted by Crippen LogP contribution is 2.26. The van der Waals surface area contributed by atoms with Crippen LogP contribution in [0.3, 0.4) is 0 Å². The first-order valence-electron chi connectivity index (χ1n) is 6.36. The van der Waals surface area contributed by atoms with Gasteiger partial charge in [0.2, 0.25) is 3.79 Å². The molecule has 21 heavy (non-hydrogen) atoms. The van der Waals surface area contributed by atoms with Gasteiger partial charge in [0, 0.05) is 18.3 Å². The average Bonchev–Trinajstić information content (AvgIpc) is 2.46. The number of hydrogen-bond donors (Lipinski definition) is 0. The lowest BCUT2D eigenvalue weighted by Gasteiger charge is -2.21. The van der Waals surface area contributed by atoms with E-state index in [0.29, 0.717) is 0 Å². The zero-order chi connectivity index (χ0) is 15.3. The maximum Gasteiger partial charge on any atom is 0.418 e. The highest BCUT2D eigenvalue weighted by atomic mass is 35.6. The summed E-state index contributed by atoms with van der Waals surface area (Å²) in [6.07, 6.45) is 7.49. The van der Waals surface area contributed by atoms with Crippen molar-refractivity contribution in [3.05, 3.63) is 60.4 Å². The summed E-state index contributed by atoms with van der Waals surface area (Å²) in [5.74, 6) is 0.240. The van der Waals surface area contributed by atoms with Crippen LogP contribution < -0.4 is 0 Å². The minimum absolute atomic E-state index is 0.240. The number of alkyl halides is 3. The summed E-state index contributed by atoms with van der Waals surface area (Å²) in [5.41, 5.74) is 1.24. The molecule has 0 saturated heterocycles. The number of carbonyl (C=O) groups is 1. The summed E-state index contributed by atoms with van der Waals surface area (Å²) < 4.78 is 3.29. The van der Waals surface area contributed by atoms with E-state index in [0.717, 1.165) is 6.42 Å². The Hall–Kier alpha value is -1.16. The van der Waals surface area contributed by atoms with Gasteiger partial charge in [-0.15, -0.1) is 0 Å². The second kappa shape index (κ2) is 7.21. The lowest BCUT2D eigenvalue weighted by Crippen LogP contribution is -2.27. The number of hydrogen-bond acceptors (Lipinski definition) is 2. The molecule has 1 aliphatic heterocycles. The molecular formula is C15H14Cl3NO2. The van der Waals surface area contributed by atoms with E-state index < -0.39 is 9.89 Å². The van der Waals surface area contributed by atoms with E-state index >= 15 is 0 Å². The number of benzene rings is 1. The molecule has 112 valence electrons. The quantitative estimate of drug-likeness (QED) is 0.743. The average molecular weight is 347 g/mol. The van der Waals surface area contributed by atoms with Gasteiger partial charge >= 0.3 is 6.09 Å². The standard InChI is InChI=1S/C15H14Cl3NO2/c16-15(17,18)11-21-14(20)19-8-6-13(7-9-19)10-12-4-2-1-3-5-12/h1-9,13H,10-11H2. The zero-order valence-corrected chi connectivity index (χ0v) is 13.4. The van der Waals surface area contributed by atoms with Gasteiger partial charge in [-0.1, -0.05) is 77.3 Å². The maximum absolute atomic E-state index is 11.7. The van der Waals surface area contributed by atoms with E-state index in [1.54, 1.807) is 12.4 Å². The van der Waals surface area contributed by atoms with Gasteiger partial charge in [-0.3, -0.25) is 4.90 Å². The molecule has 1 aliphatic rings. The van der Waals surface area contributed by atoms with Crippen molar-refractivity contribution in [2.24, 2.45) is 5.92 Å². The molecule has 3 nitrogen and oxygen atoms in total. The number of rotatable bonds is 3. The Labute approximate surface area is 138 Å². The van der Waals surface area contributed by atoms with Crippen LogP contribution in [0.1, 0.15) is 5.56 Å². The molecule has 0 N–H and O–H groups in total. The van der Waals surface area contributed by atoms with Gasteiger partial charge < -0.3 is 4.74 Å². The van der Waals surface area contributed by atoms with Gasteiger partial charge in [0.25, 0.3) is 0 Å². The van der Waals surface area contributed by atoms with Gasteiger partial charge in [-0.25, -0.2) is 4.79 Å². The fraction of sp³-hybridized carbons (Fsp3) is 0.267. The highest BCUT2D eigenvalue weighted by Gasteiger charge is 2.24. The molecule has 6 heteroatoms. The third-order valence-electron chi connectivity index (χ3n) is 2.87. The first kappa shape index (κ1) is 16.2. The molecule has 1 aromatic rings. The molecule has 0 aliphatic carbocycles. The minimum Gasteiger partial charge on any atom is -0.444 e. The van der Waals surface area contributed by atoms with Crippen LogP contribution in [0.15, 0.2) is 54.9 Å². The monoisotopic (exact) mass is 345 g/mol. The van der Waals surface area contributed by atoms with Crippen molar-refractivity contribution in [1.29, 1.82) is 0 Å². The third kappa shape index (κ3) is 5.62. The van der Waals surface area contributed by atoms with Crippen molar-refractivity contribution in [1.82, 2.24) is 4.90 Å². The lowest BCUT2D eigenvalue weighted by molar-refractivity contribution is 0.129. The Morgan fingerprint density at radius 3 is 2.33 bits per heavy atom.